The molecule has 136 valence electrons. The van der Waals surface area contributed by atoms with E-state index in [4.69, 9.17) is 4.74 Å². The van der Waals surface area contributed by atoms with E-state index in [2.05, 4.69) is 4.90 Å². The molecule has 0 saturated carbocycles. The molecule has 2 fully saturated rings. The molecule has 25 heavy (non-hydrogen) atoms. The van der Waals surface area contributed by atoms with Gasteiger partial charge in [0.25, 0.3) is 0 Å². The van der Waals surface area contributed by atoms with Crippen molar-refractivity contribution in [3.63, 3.8) is 0 Å². The van der Waals surface area contributed by atoms with E-state index in [-0.39, 0.29) is 11.8 Å². The van der Waals surface area contributed by atoms with Crippen LogP contribution in [0.3, 0.4) is 0 Å². The number of piperazine rings is 1. The summed E-state index contributed by atoms with van der Waals surface area (Å²) >= 11 is 0. The number of rotatable bonds is 5. The number of nitrogens with zero attached hydrogens (tertiary/aromatic N) is 3. The van der Waals surface area contributed by atoms with Crippen LogP contribution in [0.15, 0.2) is 24.3 Å². The Kier molecular flexibility index (Phi) is 5.79. The summed E-state index contributed by atoms with van der Waals surface area (Å²) < 4.78 is 5.42. The van der Waals surface area contributed by atoms with Crippen LogP contribution in [0.4, 0.5) is 5.69 Å². The maximum absolute atomic E-state index is 12.4. The van der Waals surface area contributed by atoms with Gasteiger partial charge in [0.05, 0.1) is 12.8 Å². The van der Waals surface area contributed by atoms with E-state index in [1.165, 1.54) is 0 Å². The Hall–Kier alpha value is -2.24. The van der Waals surface area contributed by atoms with Crippen molar-refractivity contribution in [3.05, 3.63) is 24.3 Å². The second-order valence-corrected chi connectivity index (χ2v) is 6.63. The molecule has 6 heteroatoms. The number of benzene rings is 1. The van der Waals surface area contributed by atoms with Crippen LogP contribution in [-0.2, 0) is 9.59 Å². The molecular weight excluding hydrogens is 318 g/mol. The van der Waals surface area contributed by atoms with Crippen LogP contribution in [0.2, 0.25) is 0 Å². The minimum absolute atomic E-state index is 0.0900. The van der Waals surface area contributed by atoms with Gasteiger partial charge in [-0.2, -0.15) is 0 Å². The van der Waals surface area contributed by atoms with Gasteiger partial charge in [-0.15, -0.1) is 0 Å². The van der Waals surface area contributed by atoms with Gasteiger partial charge >= 0.3 is 0 Å². The second-order valence-electron chi connectivity index (χ2n) is 6.63. The zero-order chi connectivity index (χ0) is 17.6. The van der Waals surface area contributed by atoms with E-state index >= 15 is 0 Å². The summed E-state index contributed by atoms with van der Waals surface area (Å²) in [6.45, 7) is 4.65. The number of hydrogen-bond donors (Lipinski definition) is 0. The fourth-order valence-corrected chi connectivity index (χ4v) is 3.58. The molecule has 1 aromatic carbocycles. The van der Waals surface area contributed by atoms with E-state index in [1.807, 2.05) is 34.1 Å². The van der Waals surface area contributed by atoms with Gasteiger partial charge in [0.2, 0.25) is 11.8 Å². The van der Waals surface area contributed by atoms with Gasteiger partial charge in [-0.05, 0) is 25.0 Å². The molecule has 2 amide bonds. The molecule has 0 unspecified atom stereocenters. The number of methoxy groups -OCH3 is 1. The van der Waals surface area contributed by atoms with E-state index in [1.54, 1.807) is 7.11 Å². The SMILES string of the molecule is COc1ccccc1N1CCN(C(=O)CCC(=O)N2CCCC2)CC1. The molecule has 0 aromatic heterocycles. The fourth-order valence-electron chi connectivity index (χ4n) is 3.58. The molecule has 0 N–H and O–H groups in total. The zero-order valence-electron chi connectivity index (χ0n) is 14.9. The number of anilines is 1. The molecule has 0 aliphatic carbocycles. The van der Waals surface area contributed by atoms with E-state index < -0.39 is 0 Å². The van der Waals surface area contributed by atoms with Crippen molar-refractivity contribution >= 4 is 17.5 Å². The molecule has 0 atom stereocenters. The lowest BCUT2D eigenvalue weighted by Gasteiger charge is -2.36. The number of para-hydroxylation sites is 2. The Morgan fingerprint density at radius 2 is 1.44 bits per heavy atom. The first-order valence-electron chi connectivity index (χ1n) is 9.12. The molecule has 0 radical (unpaired) electrons. The van der Waals surface area contributed by atoms with Gasteiger partial charge in [0.1, 0.15) is 5.75 Å². The van der Waals surface area contributed by atoms with Gasteiger partial charge in [0.15, 0.2) is 0 Å². The van der Waals surface area contributed by atoms with E-state index in [0.29, 0.717) is 25.9 Å². The number of likely N-dealkylation sites (tertiary alicyclic amines) is 1. The van der Waals surface area contributed by atoms with Gasteiger partial charge in [-0.1, -0.05) is 12.1 Å². The molecule has 2 heterocycles. The standard InChI is InChI=1S/C19H27N3O3/c1-25-17-7-3-2-6-16(17)20-12-14-22(15-13-20)19(24)9-8-18(23)21-10-4-5-11-21/h2-3,6-7H,4-5,8-15H2,1H3. The number of ether oxygens (including phenoxy) is 1. The molecule has 2 saturated heterocycles. The van der Waals surface area contributed by atoms with Crippen molar-refractivity contribution in [2.75, 3.05) is 51.3 Å². The lowest BCUT2D eigenvalue weighted by Crippen LogP contribution is -2.49. The number of amides is 2. The van der Waals surface area contributed by atoms with Crippen LogP contribution < -0.4 is 9.64 Å². The number of carbonyl (C=O) groups is 2. The average Bonchev–Trinajstić information content (AvgIpc) is 3.21. The summed E-state index contributed by atoms with van der Waals surface area (Å²) in [5.41, 5.74) is 1.07. The maximum atomic E-state index is 12.4. The molecule has 3 rings (SSSR count). The second kappa shape index (κ2) is 8.23. The third kappa shape index (κ3) is 4.24. The van der Waals surface area contributed by atoms with Crippen LogP contribution in [0.25, 0.3) is 0 Å². The fraction of sp³-hybridized carbons (Fsp3) is 0.579. The predicted octanol–water partition coefficient (Wildman–Crippen LogP) is 1.75. The third-order valence-electron chi connectivity index (χ3n) is 5.07. The molecule has 6 nitrogen and oxygen atoms in total. The Bertz CT molecular complexity index is 606. The Labute approximate surface area is 149 Å². The van der Waals surface area contributed by atoms with Gasteiger partial charge in [0, 0.05) is 52.1 Å². The Morgan fingerprint density at radius 3 is 2.04 bits per heavy atom. The summed E-state index contributed by atoms with van der Waals surface area (Å²) in [7, 11) is 1.68. The lowest BCUT2D eigenvalue weighted by molar-refractivity contribution is -0.136. The highest BCUT2D eigenvalue weighted by atomic mass is 16.5. The highest BCUT2D eigenvalue weighted by molar-refractivity contribution is 5.84. The van der Waals surface area contributed by atoms with Gasteiger partial charge in [-0.3, -0.25) is 9.59 Å². The first kappa shape index (κ1) is 17.6. The molecule has 2 aliphatic rings. The third-order valence-corrected chi connectivity index (χ3v) is 5.07. The monoisotopic (exact) mass is 345 g/mol. The maximum Gasteiger partial charge on any atom is 0.223 e. The summed E-state index contributed by atoms with van der Waals surface area (Å²) in [4.78, 5) is 30.5. The van der Waals surface area contributed by atoms with Crippen LogP contribution in [0.5, 0.6) is 5.75 Å². The summed E-state index contributed by atoms with van der Waals surface area (Å²) in [5, 5.41) is 0. The van der Waals surface area contributed by atoms with Crippen molar-refractivity contribution in [3.8, 4) is 5.75 Å². The van der Waals surface area contributed by atoms with Crippen molar-refractivity contribution in [2.45, 2.75) is 25.7 Å². The summed E-state index contributed by atoms with van der Waals surface area (Å²) in [6, 6.07) is 7.96. The Balaban J connectivity index is 1.46. The van der Waals surface area contributed by atoms with Crippen LogP contribution >= 0.6 is 0 Å². The smallest absolute Gasteiger partial charge is 0.223 e. The van der Waals surface area contributed by atoms with Crippen LogP contribution in [0.1, 0.15) is 25.7 Å². The molecule has 2 aliphatic heterocycles. The Morgan fingerprint density at radius 1 is 0.880 bits per heavy atom. The largest absolute Gasteiger partial charge is 0.495 e. The van der Waals surface area contributed by atoms with Crippen molar-refractivity contribution in [1.29, 1.82) is 0 Å². The molecule has 1 aromatic rings. The quantitative estimate of drug-likeness (QED) is 0.816. The first-order chi connectivity index (χ1) is 12.2. The van der Waals surface area contributed by atoms with Gasteiger partial charge < -0.3 is 19.4 Å². The van der Waals surface area contributed by atoms with Crippen molar-refractivity contribution in [1.82, 2.24) is 9.80 Å². The van der Waals surface area contributed by atoms with Crippen molar-refractivity contribution < 1.29 is 14.3 Å². The highest BCUT2D eigenvalue weighted by Crippen LogP contribution is 2.28. The summed E-state index contributed by atoms with van der Waals surface area (Å²) in [5.74, 6) is 1.07. The lowest BCUT2D eigenvalue weighted by atomic mass is 10.2. The molecule has 0 spiro atoms. The van der Waals surface area contributed by atoms with E-state index in [9.17, 15) is 9.59 Å². The number of carbonyl (C=O) groups excluding carboxylic acids is 2. The molecular formula is C19H27N3O3. The normalized spacial score (nSPS) is 17.7. The zero-order valence-corrected chi connectivity index (χ0v) is 14.9. The van der Waals surface area contributed by atoms with Gasteiger partial charge in [-0.25, -0.2) is 0 Å². The first-order valence-corrected chi connectivity index (χ1v) is 9.12. The predicted molar refractivity (Wildman–Crippen MR) is 96.8 cm³/mol. The highest BCUT2D eigenvalue weighted by Gasteiger charge is 2.24. The molecule has 0 bridgehead atoms. The van der Waals surface area contributed by atoms with Crippen LogP contribution in [-0.4, -0.2) is 68.0 Å². The topological polar surface area (TPSA) is 53.1 Å². The summed E-state index contributed by atoms with van der Waals surface area (Å²) in [6.07, 6.45) is 2.84. The number of hydrogen-bond acceptors (Lipinski definition) is 4. The minimum Gasteiger partial charge on any atom is -0.495 e. The van der Waals surface area contributed by atoms with Crippen molar-refractivity contribution in [2.24, 2.45) is 0 Å². The van der Waals surface area contributed by atoms with E-state index in [0.717, 1.165) is 50.5 Å². The average molecular weight is 345 g/mol. The minimum atomic E-state index is 0.0900. The van der Waals surface area contributed by atoms with Crippen LogP contribution in [0, 0.1) is 0 Å².